The van der Waals surface area contributed by atoms with Gasteiger partial charge in [-0.05, 0) is 30.6 Å². The zero-order valence-electron chi connectivity index (χ0n) is 14.0. The van der Waals surface area contributed by atoms with Crippen LogP contribution in [0.4, 0.5) is 4.79 Å². The summed E-state index contributed by atoms with van der Waals surface area (Å²) in [5.41, 5.74) is -0.0665. The highest BCUT2D eigenvalue weighted by molar-refractivity contribution is 5.73. The molecule has 0 atom stereocenters. The highest BCUT2D eigenvalue weighted by Crippen LogP contribution is 2.25. The molecule has 0 fully saturated rings. The van der Waals surface area contributed by atoms with Gasteiger partial charge in [0.2, 0.25) is 0 Å². The summed E-state index contributed by atoms with van der Waals surface area (Å²) in [5.74, 6) is -0.0537. The van der Waals surface area contributed by atoms with Crippen molar-refractivity contribution >= 4 is 12.0 Å². The zero-order valence-corrected chi connectivity index (χ0v) is 14.0. The quantitative estimate of drug-likeness (QED) is 0.512. The van der Waals surface area contributed by atoms with Crippen LogP contribution in [0.15, 0.2) is 0 Å². The first-order chi connectivity index (χ1) is 9.73. The molecule has 0 heterocycles. The van der Waals surface area contributed by atoms with Crippen molar-refractivity contribution in [3.63, 3.8) is 0 Å². The van der Waals surface area contributed by atoms with E-state index in [1.165, 1.54) is 6.42 Å². The minimum Gasteiger partial charge on any atom is -0.481 e. The molecular weight excluding hydrogens is 268 g/mol. The number of aliphatic carboxylic acids is 1. The van der Waals surface area contributed by atoms with Gasteiger partial charge in [0.25, 0.3) is 0 Å². The molecule has 0 aliphatic rings. The summed E-state index contributed by atoms with van der Waals surface area (Å²) in [7, 11) is 0. The Labute approximate surface area is 128 Å². The van der Waals surface area contributed by atoms with Crippen LogP contribution >= 0.6 is 0 Å². The van der Waals surface area contributed by atoms with Crippen LogP contribution in [0.1, 0.15) is 66.2 Å². The maximum atomic E-state index is 11.6. The van der Waals surface area contributed by atoms with Gasteiger partial charge in [0, 0.05) is 19.5 Å². The van der Waals surface area contributed by atoms with Crippen molar-refractivity contribution in [1.82, 2.24) is 10.6 Å². The number of rotatable bonds is 11. The Morgan fingerprint density at radius 2 is 1.67 bits per heavy atom. The molecule has 3 N–H and O–H groups in total. The second-order valence-electron chi connectivity index (χ2n) is 6.88. The van der Waals surface area contributed by atoms with Crippen LogP contribution in [-0.2, 0) is 4.79 Å². The van der Waals surface area contributed by atoms with Gasteiger partial charge in [0.05, 0.1) is 0 Å². The SMILES string of the molecule is CC(C)CCCCNC(=O)NCCC(C)(C)CCC(=O)O. The minimum atomic E-state index is -0.768. The molecule has 0 bridgehead atoms. The number of unbranched alkanes of at least 4 members (excludes halogenated alkanes) is 1. The molecule has 0 radical (unpaired) electrons. The van der Waals surface area contributed by atoms with Gasteiger partial charge in [-0.15, -0.1) is 0 Å². The molecule has 0 rings (SSSR count). The van der Waals surface area contributed by atoms with Crippen LogP contribution in [0.3, 0.4) is 0 Å². The molecule has 0 spiro atoms. The summed E-state index contributed by atoms with van der Waals surface area (Å²) in [4.78, 5) is 22.1. The third-order valence-electron chi connectivity index (χ3n) is 3.60. The van der Waals surface area contributed by atoms with E-state index in [0.717, 1.165) is 19.3 Å². The molecule has 0 unspecified atom stereocenters. The number of hydrogen-bond acceptors (Lipinski definition) is 2. The van der Waals surface area contributed by atoms with Gasteiger partial charge in [-0.3, -0.25) is 4.79 Å². The summed E-state index contributed by atoms with van der Waals surface area (Å²) in [6, 6.07) is -0.131. The molecule has 21 heavy (non-hydrogen) atoms. The number of hydrogen-bond donors (Lipinski definition) is 3. The lowest BCUT2D eigenvalue weighted by atomic mass is 9.84. The predicted octanol–water partition coefficient (Wildman–Crippen LogP) is 3.39. The summed E-state index contributed by atoms with van der Waals surface area (Å²) in [6.07, 6.45) is 4.92. The minimum absolute atomic E-state index is 0.0665. The van der Waals surface area contributed by atoms with E-state index in [2.05, 4.69) is 24.5 Å². The average Bonchev–Trinajstić information content (AvgIpc) is 2.35. The van der Waals surface area contributed by atoms with Crippen molar-refractivity contribution in [2.24, 2.45) is 11.3 Å². The Hall–Kier alpha value is -1.26. The maximum Gasteiger partial charge on any atom is 0.314 e. The van der Waals surface area contributed by atoms with Crippen molar-refractivity contribution in [3.05, 3.63) is 0 Å². The first-order valence-corrected chi connectivity index (χ1v) is 7.96. The van der Waals surface area contributed by atoms with Crippen LogP contribution in [0.25, 0.3) is 0 Å². The van der Waals surface area contributed by atoms with Gasteiger partial charge in [-0.25, -0.2) is 4.79 Å². The molecule has 0 aromatic heterocycles. The second-order valence-corrected chi connectivity index (χ2v) is 6.88. The van der Waals surface area contributed by atoms with E-state index in [1.807, 2.05) is 13.8 Å². The third-order valence-corrected chi connectivity index (χ3v) is 3.60. The normalized spacial score (nSPS) is 11.5. The van der Waals surface area contributed by atoms with Crippen molar-refractivity contribution in [2.75, 3.05) is 13.1 Å². The van der Waals surface area contributed by atoms with Crippen LogP contribution in [-0.4, -0.2) is 30.2 Å². The van der Waals surface area contributed by atoms with E-state index >= 15 is 0 Å². The largest absolute Gasteiger partial charge is 0.481 e. The molecule has 124 valence electrons. The molecular formula is C16H32N2O3. The van der Waals surface area contributed by atoms with E-state index in [1.54, 1.807) is 0 Å². The van der Waals surface area contributed by atoms with Gasteiger partial charge >= 0.3 is 12.0 Å². The lowest BCUT2D eigenvalue weighted by Gasteiger charge is -2.23. The summed E-state index contributed by atoms with van der Waals surface area (Å²) in [6.45, 7) is 9.74. The van der Waals surface area contributed by atoms with E-state index < -0.39 is 5.97 Å². The number of carboxylic acids is 1. The molecule has 0 aromatic rings. The Bertz CT molecular complexity index is 315. The Morgan fingerprint density at radius 1 is 1.05 bits per heavy atom. The fraction of sp³-hybridized carbons (Fsp3) is 0.875. The second kappa shape index (κ2) is 10.5. The number of amides is 2. The average molecular weight is 300 g/mol. The van der Waals surface area contributed by atoms with E-state index in [9.17, 15) is 9.59 Å². The van der Waals surface area contributed by atoms with Crippen LogP contribution in [0.2, 0.25) is 0 Å². The van der Waals surface area contributed by atoms with Crippen LogP contribution in [0, 0.1) is 11.3 Å². The summed E-state index contributed by atoms with van der Waals surface area (Å²) in [5, 5.41) is 14.4. The van der Waals surface area contributed by atoms with E-state index in [-0.39, 0.29) is 17.9 Å². The molecule has 0 aliphatic carbocycles. The molecule has 0 saturated carbocycles. The first kappa shape index (κ1) is 19.7. The Kier molecular flexibility index (Phi) is 9.84. The zero-order chi connectivity index (χ0) is 16.3. The van der Waals surface area contributed by atoms with Gasteiger partial charge in [-0.1, -0.05) is 40.5 Å². The molecule has 0 aromatic carbocycles. The van der Waals surface area contributed by atoms with Crippen LogP contribution in [0.5, 0.6) is 0 Å². The molecule has 0 aliphatic heterocycles. The summed E-state index contributed by atoms with van der Waals surface area (Å²) >= 11 is 0. The van der Waals surface area contributed by atoms with Gasteiger partial charge in [-0.2, -0.15) is 0 Å². The number of urea groups is 1. The van der Waals surface area contributed by atoms with Crippen molar-refractivity contribution in [3.8, 4) is 0 Å². The number of carboxylic acid groups (broad SMARTS) is 1. The number of carbonyl (C=O) groups excluding carboxylic acids is 1. The summed E-state index contributed by atoms with van der Waals surface area (Å²) < 4.78 is 0. The maximum absolute atomic E-state index is 11.6. The third kappa shape index (κ3) is 13.5. The smallest absolute Gasteiger partial charge is 0.314 e. The topological polar surface area (TPSA) is 78.4 Å². The number of nitrogens with one attached hydrogen (secondary N) is 2. The Morgan fingerprint density at radius 3 is 2.24 bits per heavy atom. The molecule has 5 nitrogen and oxygen atoms in total. The van der Waals surface area contributed by atoms with Crippen molar-refractivity contribution < 1.29 is 14.7 Å². The Balaban J connectivity index is 3.62. The highest BCUT2D eigenvalue weighted by atomic mass is 16.4. The predicted molar refractivity (Wildman–Crippen MR) is 85.4 cm³/mol. The molecule has 2 amide bonds. The van der Waals surface area contributed by atoms with E-state index in [0.29, 0.717) is 25.4 Å². The van der Waals surface area contributed by atoms with Crippen molar-refractivity contribution in [1.29, 1.82) is 0 Å². The van der Waals surface area contributed by atoms with Gasteiger partial charge < -0.3 is 15.7 Å². The standard InChI is InChI=1S/C16H32N2O3/c1-13(2)7-5-6-11-17-15(21)18-12-10-16(3,4)9-8-14(19)20/h13H,5-12H2,1-4H3,(H,19,20)(H2,17,18,21). The van der Waals surface area contributed by atoms with E-state index in [4.69, 9.17) is 5.11 Å². The van der Waals surface area contributed by atoms with Crippen molar-refractivity contribution in [2.45, 2.75) is 66.2 Å². The monoisotopic (exact) mass is 300 g/mol. The number of carbonyl (C=O) groups is 2. The fourth-order valence-corrected chi connectivity index (χ4v) is 2.03. The molecule has 5 heteroatoms. The lowest BCUT2D eigenvalue weighted by Crippen LogP contribution is -2.37. The fourth-order valence-electron chi connectivity index (χ4n) is 2.03. The molecule has 0 saturated heterocycles. The van der Waals surface area contributed by atoms with Gasteiger partial charge in [0.1, 0.15) is 0 Å². The van der Waals surface area contributed by atoms with Crippen LogP contribution < -0.4 is 10.6 Å². The lowest BCUT2D eigenvalue weighted by molar-refractivity contribution is -0.137. The highest BCUT2D eigenvalue weighted by Gasteiger charge is 2.19. The van der Waals surface area contributed by atoms with Gasteiger partial charge in [0.15, 0.2) is 0 Å². The first-order valence-electron chi connectivity index (χ1n) is 7.96.